The Bertz CT molecular complexity index is 331. The predicted molar refractivity (Wildman–Crippen MR) is 82.6 cm³/mol. The van der Waals surface area contributed by atoms with Crippen LogP contribution in [0.15, 0.2) is 29.2 Å². The van der Waals surface area contributed by atoms with Gasteiger partial charge in [-0.15, -0.1) is 0 Å². The first-order valence-corrected chi connectivity index (χ1v) is 7.64. The lowest BCUT2D eigenvalue weighted by Crippen LogP contribution is -2.31. The number of benzene rings is 1. The largest absolute Gasteiger partial charge is 0.399 e. The van der Waals surface area contributed by atoms with E-state index < -0.39 is 0 Å². The molecule has 2 nitrogen and oxygen atoms in total. The number of nitrogen functional groups attached to an aromatic ring is 1. The van der Waals surface area contributed by atoms with Crippen LogP contribution in [0.4, 0.5) is 5.69 Å². The SMILES string of the molecule is CCC(CC)N(CC(C)C)Sc1ccc(N)cc1. The summed E-state index contributed by atoms with van der Waals surface area (Å²) < 4.78 is 2.52. The highest BCUT2D eigenvalue weighted by Crippen LogP contribution is 2.28. The standard InChI is InChI=1S/C15H26N2S/c1-5-14(6-2)17(11-12(3)4)18-15-9-7-13(16)8-10-15/h7-10,12,14H,5-6,11,16H2,1-4H3. The molecule has 0 heterocycles. The summed E-state index contributed by atoms with van der Waals surface area (Å²) in [6.07, 6.45) is 2.40. The zero-order valence-corrected chi connectivity index (χ0v) is 12.8. The van der Waals surface area contributed by atoms with Gasteiger partial charge in [-0.25, -0.2) is 4.31 Å². The van der Waals surface area contributed by atoms with Crippen LogP contribution in [0.5, 0.6) is 0 Å². The van der Waals surface area contributed by atoms with Crippen LogP contribution in [0.2, 0.25) is 0 Å². The Kier molecular flexibility index (Phi) is 6.58. The minimum absolute atomic E-state index is 0.648. The van der Waals surface area contributed by atoms with Crippen LogP contribution in [0, 0.1) is 5.92 Å². The predicted octanol–water partition coefficient (Wildman–Crippen LogP) is 4.42. The van der Waals surface area contributed by atoms with Gasteiger partial charge in [-0.2, -0.15) is 0 Å². The molecule has 0 saturated heterocycles. The summed E-state index contributed by atoms with van der Waals surface area (Å²) in [6.45, 7) is 10.2. The Balaban J connectivity index is 2.73. The molecule has 0 spiro atoms. The lowest BCUT2D eigenvalue weighted by Gasteiger charge is -2.30. The second-order valence-corrected chi connectivity index (χ2v) is 6.25. The van der Waals surface area contributed by atoms with Crippen LogP contribution >= 0.6 is 11.9 Å². The van der Waals surface area contributed by atoms with Gasteiger partial charge in [0.1, 0.15) is 0 Å². The van der Waals surface area contributed by atoms with Crippen molar-refractivity contribution in [2.45, 2.75) is 51.5 Å². The van der Waals surface area contributed by atoms with Crippen molar-refractivity contribution in [3.8, 4) is 0 Å². The quantitative estimate of drug-likeness (QED) is 0.585. The van der Waals surface area contributed by atoms with Gasteiger partial charge in [-0.05, 0) is 55.0 Å². The Labute approximate surface area is 116 Å². The van der Waals surface area contributed by atoms with E-state index in [9.17, 15) is 0 Å². The third kappa shape index (κ3) is 4.91. The summed E-state index contributed by atoms with van der Waals surface area (Å²) in [4.78, 5) is 1.27. The van der Waals surface area contributed by atoms with E-state index in [4.69, 9.17) is 5.73 Å². The Hall–Kier alpha value is -0.670. The molecule has 1 aromatic rings. The molecule has 0 amide bonds. The van der Waals surface area contributed by atoms with Crippen LogP contribution in [0.1, 0.15) is 40.5 Å². The maximum absolute atomic E-state index is 5.73. The summed E-state index contributed by atoms with van der Waals surface area (Å²) in [6, 6.07) is 8.81. The average Bonchev–Trinajstić information content (AvgIpc) is 2.33. The van der Waals surface area contributed by atoms with Crippen molar-refractivity contribution < 1.29 is 0 Å². The molecule has 2 N–H and O–H groups in total. The molecule has 0 bridgehead atoms. The molecule has 102 valence electrons. The maximum Gasteiger partial charge on any atom is 0.0314 e. The third-order valence-electron chi connectivity index (χ3n) is 3.00. The number of hydrogen-bond acceptors (Lipinski definition) is 3. The van der Waals surface area contributed by atoms with E-state index in [0.29, 0.717) is 12.0 Å². The lowest BCUT2D eigenvalue weighted by atomic mass is 10.1. The van der Waals surface area contributed by atoms with Crippen LogP contribution in [-0.4, -0.2) is 16.9 Å². The minimum atomic E-state index is 0.648. The van der Waals surface area contributed by atoms with Crippen LogP contribution < -0.4 is 5.73 Å². The third-order valence-corrected chi connectivity index (χ3v) is 4.16. The zero-order chi connectivity index (χ0) is 13.5. The Morgan fingerprint density at radius 1 is 1.11 bits per heavy atom. The van der Waals surface area contributed by atoms with Crippen molar-refractivity contribution in [1.82, 2.24) is 4.31 Å². The van der Waals surface area contributed by atoms with E-state index in [1.54, 1.807) is 0 Å². The number of anilines is 1. The van der Waals surface area contributed by atoms with Gasteiger partial charge in [0, 0.05) is 23.2 Å². The first kappa shape index (κ1) is 15.4. The zero-order valence-electron chi connectivity index (χ0n) is 12.0. The molecule has 0 atom stereocenters. The average molecular weight is 266 g/mol. The summed E-state index contributed by atoms with van der Waals surface area (Å²) in [5.74, 6) is 0.687. The number of nitrogens with two attached hydrogens (primary N) is 1. The van der Waals surface area contributed by atoms with Crippen molar-refractivity contribution in [3.63, 3.8) is 0 Å². The highest BCUT2D eigenvalue weighted by molar-refractivity contribution is 7.97. The molecule has 18 heavy (non-hydrogen) atoms. The van der Waals surface area contributed by atoms with E-state index >= 15 is 0 Å². The topological polar surface area (TPSA) is 29.3 Å². The van der Waals surface area contributed by atoms with Crippen molar-refractivity contribution in [3.05, 3.63) is 24.3 Å². The molecule has 1 aromatic carbocycles. The molecule has 0 aliphatic rings. The number of rotatable bonds is 7. The molecule has 0 aliphatic carbocycles. The molecule has 0 radical (unpaired) electrons. The van der Waals surface area contributed by atoms with Crippen LogP contribution in [0.25, 0.3) is 0 Å². The Morgan fingerprint density at radius 2 is 1.67 bits per heavy atom. The highest BCUT2D eigenvalue weighted by atomic mass is 32.2. The van der Waals surface area contributed by atoms with Gasteiger partial charge in [0.2, 0.25) is 0 Å². The molecule has 1 rings (SSSR count). The van der Waals surface area contributed by atoms with Gasteiger partial charge in [0.25, 0.3) is 0 Å². The van der Waals surface area contributed by atoms with Gasteiger partial charge in [-0.1, -0.05) is 27.7 Å². The van der Waals surface area contributed by atoms with Crippen molar-refractivity contribution in [2.24, 2.45) is 5.92 Å². The molecule has 0 saturated carbocycles. The highest BCUT2D eigenvalue weighted by Gasteiger charge is 2.17. The lowest BCUT2D eigenvalue weighted by molar-refractivity contribution is 0.302. The molecule has 0 aliphatic heterocycles. The smallest absolute Gasteiger partial charge is 0.0314 e. The second kappa shape index (κ2) is 7.70. The molecule has 0 fully saturated rings. The molecule has 0 aromatic heterocycles. The van der Waals surface area contributed by atoms with E-state index in [1.807, 2.05) is 24.1 Å². The number of hydrogen-bond donors (Lipinski definition) is 1. The summed E-state index contributed by atoms with van der Waals surface area (Å²) in [5.41, 5.74) is 6.56. The number of nitrogens with zero attached hydrogens (tertiary/aromatic N) is 1. The normalized spacial score (nSPS) is 11.7. The van der Waals surface area contributed by atoms with E-state index in [2.05, 4.69) is 44.1 Å². The van der Waals surface area contributed by atoms with E-state index in [-0.39, 0.29) is 0 Å². The maximum atomic E-state index is 5.73. The van der Waals surface area contributed by atoms with Crippen LogP contribution in [-0.2, 0) is 0 Å². The molecular formula is C15H26N2S. The fourth-order valence-electron chi connectivity index (χ4n) is 1.98. The fourth-order valence-corrected chi connectivity index (χ4v) is 3.33. The summed E-state index contributed by atoms with van der Waals surface area (Å²) in [5, 5.41) is 0. The first-order valence-electron chi connectivity index (χ1n) is 6.86. The summed E-state index contributed by atoms with van der Waals surface area (Å²) in [7, 11) is 0. The van der Waals surface area contributed by atoms with Gasteiger partial charge in [0.05, 0.1) is 0 Å². The molecule has 3 heteroatoms. The van der Waals surface area contributed by atoms with Crippen molar-refractivity contribution in [1.29, 1.82) is 0 Å². The van der Waals surface area contributed by atoms with E-state index in [0.717, 1.165) is 12.2 Å². The summed E-state index contributed by atoms with van der Waals surface area (Å²) >= 11 is 1.86. The second-order valence-electron chi connectivity index (χ2n) is 5.12. The van der Waals surface area contributed by atoms with Gasteiger partial charge in [-0.3, -0.25) is 0 Å². The fraction of sp³-hybridized carbons (Fsp3) is 0.600. The molecular weight excluding hydrogens is 240 g/mol. The van der Waals surface area contributed by atoms with Gasteiger partial charge < -0.3 is 5.73 Å². The van der Waals surface area contributed by atoms with Gasteiger partial charge in [0.15, 0.2) is 0 Å². The minimum Gasteiger partial charge on any atom is -0.399 e. The Morgan fingerprint density at radius 3 is 2.11 bits per heavy atom. The van der Waals surface area contributed by atoms with Crippen molar-refractivity contribution >= 4 is 17.6 Å². The van der Waals surface area contributed by atoms with Crippen molar-refractivity contribution in [2.75, 3.05) is 12.3 Å². The molecule has 0 unspecified atom stereocenters. The monoisotopic (exact) mass is 266 g/mol. The van der Waals surface area contributed by atoms with Crippen LogP contribution in [0.3, 0.4) is 0 Å². The van der Waals surface area contributed by atoms with Gasteiger partial charge >= 0.3 is 0 Å². The van der Waals surface area contributed by atoms with E-state index in [1.165, 1.54) is 17.7 Å². The first-order chi connectivity index (χ1) is 8.56.